The Labute approximate surface area is 75.8 Å². The maximum Gasteiger partial charge on any atom is 0.152 e. The number of hydrogen-bond acceptors (Lipinski definition) is 3. The molecule has 0 aromatic carbocycles. The van der Waals surface area contributed by atoms with Crippen LogP contribution in [-0.4, -0.2) is 17.6 Å². The van der Waals surface area contributed by atoms with Gasteiger partial charge in [0, 0.05) is 11.8 Å². The minimum atomic E-state index is 0.162. The van der Waals surface area contributed by atoms with Crippen LogP contribution in [0.3, 0.4) is 0 Å². The van der Waals surface area contributed by atoms with Gasteiger partial charge in [-0.2, -0.15) is 0 Å². The van der Waals surface area contributed by atoms with Crippen LogP contribution in [0.2, 0.25) is 0 Å². The number of rotatable bonds is 2. The molecule has 0 saturated carbocycles. The van der Waals surface area contributed by atoms with Crippen molar-refractivity contribution in [2.45, 2.75) is 6.42 Å². The van der Waals surface area contributed by atoms with Crippen LogP contribution in [0.4, 0.5) is 0 Å². The van der Waals surface area contributed by atoms with E-state index in [0.717, 1.165) is 0 Å². The van der Waals surface area contributed by atoms with E-state index in [-0.39, 0.29) is 6.42 Å². The Hall–Kier alpha value is -1.95. The van der Waals surface area contributed by atoms with Crippen molar-refractivity contribution in [1.29, 1.82) is 0 Å². The van der Waals surface area contributed by atoms with Crippen molar-refractivity contribution in [3.63, 3.8) is 0 Å². The standard InChI is InChI=1S/C10H7NO2/c12-7-2-1-5-10-9(8-13)4-3-6-11-10/h3-4,6-8H,2H2. The van der Waals surface area contributed by atoms with E-state index in [1.807, 2.05) is 0 Å². The third-order valence-electron chi connectivity index (χ3n) is 1.36. The molecule has 0 radical (unpaired) electrons. The zero-order valence-electron chi connectivity index (χ0n) is 6.86. The lowest BCUT2D eigenvalue weighted by molar-refractivity contribution is -0.107. The number of hydrogen-bond donors (Lipinski definition) is 0. The van der Waals surface area contributed by atoms with Crippen molar-refractivity contribution >= 4 is 12.6 Å². The second-order valence-electron chi connectivity index (χ2n) is 2.23. The fourth-order valence-corrected chi connectivity index (χ4v) is 0.794. The van der Waals surface area contributed by atoms with Gasteiger partial charge in [-0.1, -0.05) is 5.92 Å². The molecular formula is C10H7NO2. The molecule has 0 aliphatic heterocycles. The first-order valence-corrected chi connectivity index (χ1v) is 3.71. The first-order valence-electron chi connectivity index (χ1n) is 3.71. The maximum absolute atomic E-state index is 10.5. The number of pyridine rings is 1. The van der Waals surface area contributed by atoms with Gasteiger partial charge in [-0.15, -0.1) is 0 Å². The summed E-state index contributed by atoms with van der Waals surface area (Å²) in [7, 11) is 0. The Morgan fingerprint density at radius 1 is 1.46 bits per heavy atom. The predicted molar refractivity (Wildman–Crippen MR) is 47.2 cm³/mol. The average molecular weight is 173 g/mol. The van der Waals surface area contributed by atoms with E-state index in [0.29, 0.717) is 23.8 Å². The average Bonchev–Trinajstić information content (AvgIpc) is 2.19. The molecule has 0 N–H and O–H groups in total. The molecule has 1 heterocycles. The molecule has 1 aromatic heterocycles. The van der Waals surface area contributed by atoms with Crippen molar-refractivity contribution in [2.75, 3.05) is 0 Å². The van der Waals surface area contributed by atoms with Gasteiger partial charge in [-0.05, 0) is 18.1 Å². The first-order chi connectivity index (χ1) is 6.38. The number of carbonyl (C=O) groups is 2. The highest BCUT2D eigenvalue weighted by Gasteiger charge is 1.96. The zero-order valence-corrected chi connectivity index (χ0v) is 6.86. The van der Waals surface area contributed by atoms with Crippen LogP contribution >= 0.6 is 0 Å². The van der Waals surface area contributed by atoms with E-state index in [4.69, 9.17) is 0 Å². The van der Waals surface area contributed by atoms with Crippen molar-refractivity contribution in [3.05, 3.63) is 29.6 Å². The summed E-state index contributed by atoms with van der Waals surface area (Å²) in [5.74, 6) is 5.23. The molecular weight excluding hydrogens is 166 g/mol. The SMILES string of the molecule is O=CCC#Cc1ncccc1C=O. The monoisotopic (exact) mass is 173 g/mol. The summed E-state index contributed by atoms with van der Waals surface area (Å²) in [6.45, 7) is 0. The Morgan fingerprint density at radius 2 is 2.31 bits per heavy atom. The molecule has 0 saturated heterocycles. The van der Waals surface area contributed by atoms with Crippen LogP contribution in [-0.2, 0) is 4.79 Å². The lowest BCUT2D eigenvalue weighted by Gasteiger charge is -1.91. The molecule has 0 fully saturated rings. The van der Waals surface area contributed by atoms with Gasteiger partial charge in [-0.3, -0.25) is 4.79 Å². The molecule has 1 aromatic rings. The summed E-state index contributed by atoms with van der Waals surface area (Å²) in [6.07, 6.45) is 3.11. The second kappa shape index (κ2) is 4.83. The van der Waals surface area contributed by atoms with Crippen LogP contribution < -0.4 is 0 Å². The van der Waals surface area contributed by atoms with E-state index in [1.54, 1.807) is 18.3 Å². The van der Waals surface area contributed by atoms with Gasteiger partial charge in [0.05, 0.1) is 6.42 Å². The lowest BCUT2D eigenvalue weighted by Crippen LogP contribution is -1.90. The summed E-state index contributed by atoms with van der Waals surface area (Å²) in [6, 6.07) is 3.29. The molecule has 64 valence electrons. The van der Waals surface area contributed by atoms with E-state index >= 15 is 0 Å². The van der Waals surface area contributed by atoms with Crippen LogP contribution in [0.1, 0.15) is 22.5 Å². The number of aromatic nitrogens is 1. The number of nitrogens with zero attached hydrogens (tertiary/aromatic N) is 1. The minimum absolute atomic E-state index is 0.162. The number of aldehydes is 2. The van der Waals surface area contributed by atoms with Gasteiger partial charge in [0.25, 0.3) is 0 Å². The Bertz CT molecular complexity index is 374. The quantitative estimate of drug-likeness (QED) is 0.491. The van der Waals surface area contributed by atoms with Gasteiger partial charge < -0.3 is 4.79 Å². The first kappa shape index (κ1) is 9.14. The van der Waals surface area contributed by atoms with E-state index in [2.05, 4.69) is 16.8 Å². The molecule has 3 nitrogen and oxygen atoms in total. The van der Waals surface area contributed by atoms with Gasteiger partial charge in [0.1, 0.15) is 12.0 Å². The third-order valence-corrected chi connectivity index (χ3v) is 1.36. The molecule has 0 aliphatic rings. The van der Waals surface area contributed by atoms with Crippen molar-refractivity contribution in [3.8, 4) is 11.8 Å². The molecule has 0 amide bonds. The third kappa shape index (κ3) is 2.53. The zero-order chi connectivity index (χ0) is 9.52. The minimum Gasteiger partial charge on any atom is -0.302 e. The fraction of sp³-hybridized carbons (Fsp3) is 0.100. The van der Waals surface area contributed by atoms with Gasteiger partial charge in [0.15, 0.2) is 6.29 Å². The van der Waals surface area contributed by atoms with Gasteiger partial charge in [0.2, 0.25) is 0 Å². The summed E-state index contributed by atoms with van der Waals surface area (Å²) in [5, 5.41) is 0. The summed E-state index contributed by atoms with van der Waals surface area (Å²) >= 11 is 0. The van der Waals surface area contributed by atoms with E-state index < -0.39 is 0 Å². The Morgan fingerprint density at radius 3 is 3.00 bits per heavy atom. The smallest absolute Gasteiger partial charge is 0.152 e. The molecule has 3 heteroatoms. The molecule has 0 atom stereocenters. The van der Waals surface area contributed by atoms with E-state index in [9.17, 15) is 9.59 Å². The topological polar surface area (TPSA) is 47.0 Å². The lowest BCUT2D eigenvalue weighted by atomic mass is 10.2. The van der Waals surface area contributed by atoms with Crippen LogP contribution in [0, 0.1) is 11.8 Å². The van der Waals surface area contributed by atoms with Crippen LogP contribution in [0.15, 0.2) is 18.3 Å². The fourth-order valence-electron chi connectivity index (χ4n) is 0.794. The molecule has 13 heavy (non-hydrogen) atoms. The number of carbonyl (C=O) groups excluding carboxylic acids is 2. The molecule has 0 bridgehead atoms. The van der Waals surface area contributed by atoms with Crippen LogP contribution in [0.5, 0.6) is 0 Å². The summed E-state index contributed by atoms with van der Waals surface area (Å²) in [4.78, 5) is 24.3. The predicted octanol–water partition coefficient (Wildman–Crippen LogP) is 0.835. The van der Waals surface area contributed by atoms with Gasteiger partial charge in [-0.25, -0.2) is 4.98 Å². The normalized spacial score (nSPS) is 8.31. The summed E-state index contributed by atoms with van der Waals surface area (Å²) < 4.78 is 0. The molecule has 0 aliphatic carbocycles. The molecule has 0 unspecified atom stereocenters. The van der Waals surface area contributed by atoms with Crippen LogP contribution in [0.25, 0.3) is 0 Å². The Balaban J connectivity index is 2.94. The van der Waals surface area contributed by atoms with Crippen molar-refractivity contribution in [1.82, 2.24) is 4.98 Å². The second-order valence-corrected chi connectivity index (χ2v) is 2.23. The highest BCUT2D eigenvalue weighted by Crippen LogP contribution is 1.99. The van der Waals surface area contributed by atoms with Crippen molar-refractivity contribution < 1.29 is 9.59 Å². The maximum atomic E-state index is 10.5. The van der Waals surface area contributed by atoms with Gasteiger partial charge >= 0.3 is 0 Å². The Kier molecular flexibility index (Phi) is 3.40. The van der Waals surface area contributed by atoms with Crippen molar-refractivity contribution in [2.24, 2.45) is 0 Å². The molecule has 1 rings (SSSR count). The summed E-state index contributed by atoms with van der Waals surface area (Å²) in [5.41, 5.74) is 0.861. The largest absolute Gasteiger partial charge is 0.302 e. The highest BCUT2D eigenvalue weighted by atomic mass is 16.1. The highest BCUT2D eigenvalue weighted by molar-refractivity contribution is 5.78. The van der Waals surface area contributed by atoms with E-state index in [1.165, 1.54) is 0 Å². The molecule has 0 spiro atoms.